The lowest BCUT2D eigenvalue weighted by molar-refractivity contribution is 0.415. The van der Waals surface area contributed by atoms with Crippen LogP contribution in [-0.4, -0.2) is 7.11 Å². The summed E-state index contributed by atoms with van der Waals surface area (Å²) < 4.78 is 5.11. The van der Waals surface area contributed by atoms with Gasteiger partial charge in [-0.05, 0) is 18.1 Å². The molecule has 0 heterocycles. The number of rotatable bonds is 5. The molecule has 1 unspecified atom stereocenters. The van der Waals surface area contributed by atoms with E-state index in [1.807, 2.05) is 6.07 Å². The topological polar surface area (TPSA) is 9.23 Å². The monoisotopic (exact) mass is 324 g/mol. The Balaban J connectivity index is 2.92. The summed E-state index contributed by atoms with van der Waals surface area (Å²) in [4.78, 5) is 0.253. The van der Waals surface area contributed by atoms with Crippen molar-refractivity contribution in [3.05, 3.63) is 27.7 Å². The second kappa shape index (κ2) is 6.73. The van der Waals surface area contributed by atoms with Gasteiger partial charge in [-0.2, -0.15) is 0 Å². The van der Waals surface area contributed by atoms with Crippen molar-refractivity contribution in [2.45, 2.75) is 31.0 Å². The molecule has 1 aromatic rings. The van der Waals surface area contributed by atoms with E-state index < -0.39 is 0 Å². The molecule has 0 saturated heterocycles. The molecular weight excluding hydrogens is 311 g/mol. The van der Waals surface area contributed by atoms with E-state index in [-0.39, 0.29) is 4.83 Å². The van der Waals surface area contributed by atoms with Gasteiger partial charge in [0.05, 0.1) is 12.1 Å². The maximum Gasteiger partial charge on any atom is 0.138 e. The van der Waals surface area contributed by atoms with Crippen LogP contribution in [0.2, 0.25) is 10.0 Å². The van der Waals surface area contributed by atoms with Gasteiger partial charge in [0.25, 0.3) is 0 Å². The molecule has 1 aromatic carbocycles. The number of unbranched alkanes of at least 4 members (excludes halogenated alkanes) is 1. The molecule has 1 atom stereocenters. The fourth-order valence-corrected chi connectivity index (χ4v) is 2.85. The van der Waals surface area contributed by atoms with Crippen molar-refractivity contribution in [2.24, 2.45) is 0 Å². The van der Waals surface area contributed by atoms with E-state index in [9.17, 15) is 0 Å². The standard InChI is InChI=1S/C12H15BrCl2O/c1-3-4-5-9(13)8-6-11(15)12(16-2)7-10(8)14/h6-7,9H,3-5H2,1-2H3. The Labute approximate surface area is 115 Å². The van der Waals surface area contributed by atoms with Gasteiger partial charge in [0, 0.05) is 15.9 Å². The van der Waals surface area contributed by atoms with E-state index in [0.29, 0.717) is 15.8 Å². The summed E-state index contributed by atoms with van der Waals surface area (Å²) in [5, 5.41) is 1.29. The molecular formula is C12H15BrCl2O. The van der Waals surface area contributed by atoms with E-state index >= 15 is 0 Å². The van der Waals surface area contributed by atoms with Gasteiger partial charge in [-0.15, -0.1) is 0 Å². The first kappa shape index (κ1) is 14.1. The summed E-state index contributed by atoms with van der Waals surface area (Å²) in [6.07, 6.45) is 3.39. The van der Waals surface area contributed by atoms with Gasteiger partial charge in [-0.3, -0.25) is 0 Å². The van der Waals surface area contributed by atoms with Crippen LogP contribution in [0, 0.1) is 0 Å². The predicted octanol–water partition coefficient (Wildman–Crippen LogP) is 5.63. The third-order valence-corrected chi connectivity index (χ3v) is 3.99. The number of alkyl halides is 1. The summed E-state index contributed by atoms with van der Waals surface area (Å²) in [6.45, 7) is 2.17. The molecule has 0 aliphatic heterocycles. The molecule has 1 rings (SSSR count). The maximum atomic E-state index is 6.19. The SMILES string of the molecule is CCCCC(Br)c1cc(Cl)c(OC)cc1Cl. The lowest BCUT2D eigenvalue weighted by atomic mass is 10.1. The molecule has 4 heteroatoms. The molecule has 0 aliphatic carbocycles. The van der Waals surface area contributed by atoms with Gasteiger partial charge in [0.15, 0.2) is 0 Å². The smallest absolute Gasteiger partial charge is 0.138 e. The Hall–Kier alpha value is 0.0800. The van der Waals surface area contributed by atoms with Gasteiger partial charge in [-0.1, -0.05) is 58.9 Å². The Morgan fingerprint density at radius 2 is 2.00 bits per heavy atom. The van der Waals surface area contributed by atoms with E-state index in [1.165, 1.54) is 6.42 Å². The number of hydrogen-bond acceptors (Lipinski definition) is 1. The Bertz CT molecular complexity index is 355. The zero-order valence-corrected chi connectivity index (χ0v) is 12.5. The third kappa shape index (κ3) is 3.54. The van der Waals surface area contributed by atoms with E-state index in [0.717, 1.165) is 18.4 Å². The summed E-state index contributed by atoms with van der Waals surface area (Å²) in [7, 11) is 1.58. The van der Waals surface area contributed by atoms with E-state index in [1.54, 1.807) is 13.2 Å². The van der Waals surface area contributed by atoms with Crippen molar-refractivity contribution in [3.8, 4) is 5.75 Å². The van der Waals surface area contributed by atoms with Crippen molar-refractivity contribution in [1.29, 1.82) is 0 Å². The fraction of sp³-hybridized carbons (Fsp3) is 0.500. The first-order chi connectivity index (χ1) is 7.60. The number of ether oxygens (including phenoxy) is 1. The van der Waals surface area contributed by atoms with Crippen LogP contribution in [0.25, 0.3) is 0 Å². The summed E-state index contributed by atoms with van der Waals surface area (Å²) in [6, 6.07) is 3.64. The van der Waals surface area contributed by atoms with Crippen molar-refractivity contribution >= 4 is 39.1 Å². The molecule has 0 amide bonds. The minimum atomic E-state index is 0.253. The molecule has 0 bridgehead atoms. The highest BCUT2D eigenvalue weighted by molar-refractivity contribution is 9.09. The number of methoxy groups -OCH3 is 1. The number of halogens is 3. The molecule has 0 aliphatic rings. The molecule has 16 heavy (non-hydrogen) atoms. The average Bonchev–Trinajstić information content (AvgIpc) is 2.28. The molecule has 0 aromatic heterocycles. The second-order valence-electron chi connectivity index (χ2n) is 3.62. The largest absolute Gasteiger partial charge is 0.495 e. The number of hydrogen-bond donors (Lipinski definition) is 0. The van der Waals surface area contributed by atoms with Gasteiger partial charge >= 0.3 is 0 Å². The molecule has 0 N–H and O–H groups in total. The summed E-state index contributed by atoms with van der Waals surface area (Å²) in [5.41, 5.74) is 1.03. The zero-order chi connectivity index (χ0) is 12.1. The van der Waals surface area contributed by atoms with Crippen molar-refractivity contribution in [3.63, 3.8) is 0 Å². The molecule has 90 valence electrons. The van der Waals surface area contributed by atoms with Gasteiger partial charge in [0.1, 0.15) is 5.75 Å². The summed E-state index contributed by atoms with van der Waals surface area (Å²) in [5.74, 6) is 0.616. The Morgan fingerprint density at radius 3 is 2.56 bits per heavy atom. The van der Waals surface area contributed by atoms with Crippen LogP contribution in [0.5, 0.6) is 5.75 Å². The molecule has 0 fully saturated rings. The highest BCUT2D eigenvalue weighted by Crippen LogP contribution is 2.38. The molecule has 1 nitrogen and oxygen atoms in total. The fourth-order valence-electron chi connectivity index (χ4n) is 1.48. The summed E-state index contributed by atoms with van der Waals surface area (Å²) >= 11 is 15.9. The molecule has 0 spiro atoms. The molecule has 0 radical (unpaired) electrons. The lowest BCUT2D eigenvalue weighted by Gasteiger charge is -2.13. The van der Waals surface area contributed by atoms with Crippen LogP contribution < -0.4 is 4.74 Å². The number of benzene rings is 1. The van der Waals surface area contributed by atoms with Crippen molar-refractivity contribution in [1.82, 2.24) is 0 Å². The van der Waals surface area contributed by atoms with E-state index in [2.05, 4.69) is 22.9 Å². The lowest BCUT2D eigenvalue weighted by Crippen LogP contribution is -1.93. The first-order valence-electron chi connectivity index (χ1n) is 5.27. The average molecular weight is 326 g/mol. The van der Waals surface area contributed by atoms with Crippen LogP contribution in [0.4, 0.5) is 0 Å². The Morgan fingerprint density at radius 1 is 1.31 bits per heavy atom. The third-order valence-electron chi connectivity index (χ3n) is 2.42. The predicted molar refractivity (Wildman–Crippen MR) is 74.2 cm³/mol. The highest BCUT2D eigenvalue weighted by Gasteiger charge is 2.14. The Kier molecular flexibility index (Phi) is 5.95. The van der Waals surface area contributed by atoms with Crippen LogP contribution >= 0.6 is 39.1 Å². The molecule has 0 saturated carbocycles. The zero-order valence-electron chi connectivity index (χ0n) is 9.40. The van der Waals surface area contributed by atoms with Crippen molar-refractivity contribution < 1.29 is 4.74 Å². The first-order valence-corrected chi connectivity index (χ1v) is 6.94. The normalized spacial score (nSPS) is 12.6. The van der Waals surface area contributed by atoms with Crippen LogP contribution in [-0.2, 0) is 0 Å². The van der Waals surface area contributed by atoms with Gasteiger partial charge in [0.2, 0.25) is 0 Å². The van der Waals surface area contributed by atoms with Crippen LogP contribution in [0.15, 0.2) is 12.1 Å². The van der Waals surface area contributed by atoms with Crippen LogP contribution in [0.3, 0.4) is 0 Å². The van der Waals surface area contributed by atoms with Crippen molar-refractivity contribution in [2.75, 3.05) is 7.11 Å². The van der Waals surface area contributed by atoms with E-state index in [4.69, 9.17) is 27.9 Å². The minimum absolute atomic E-state index is 0.253. The quantitative estimate of drug-likeness (QED) is 0.637. The highest BCUT2D eigenvalue weighted by atomic mass is 79.9. The van der Waals surface area contributed by atoms with Gasteiger partial charge < -0.3 is 4.74 Å². The maximum absolute atomic E-state index is 6.19. The second-order valence-corrected chi connectivity index (χ2v) is 5.54. The minimum Gasteiger partial charge on any atom is -0.495 e. The van der Waals surface area contributed by atoms with Crippen LogP contribution in [0.1, 0.15) is 36.6 Å². The van der Waals surface area contributed by atoms with Gasteiger partial charge in [-0.25, -0.2) is 0 Å².